The van der Waals surface area contributed by atoms with Crippen molar-refractivity contribution < 1.29 is 17.6 Å². The Bertz CT molecular complexity index is 1210. The summed E-state index contributed by atoms with van der Waals surface area (Å²) in [4.78, 5) is 17.0. The van der Waals surface area contributed by atoms with Crippen molar-refractivity contribution in [3.05, 3.63) is 89.6 Å². The number of hydrogen-bond acceptors (Lipinski definition) is 5. The number of halogens is 1. The first-order valence-electron chi connectivity index (χ1n) is 11.0. The fraction of sp³-hybridized carbons (Fsp3) is 0.240. The number of carbonyl (C=O) groups excluding carboxylic acids is 1. The summed E-state index contributed by atoms with van der Waals surface area (Å²) in [6.45, 7) is 2.91. The zero-order chi connectivity index (χ0) is 24.0. The average molecular weight is 500 g/mol. The van der Waals surface area contributed by atoms with Gasteiger partial charge >= 0.3 is 0 Å². The molecule has 4 rings (SSSR count). The maximum absolute atomic E-state index is 13.4. The lowest BCUT2D eigenvalue weighted by Crippen LogP contribution is -2.51. The summed E-state index contributed by atoms with van der Waals surface area (Å²) in [5, 5.41) is 1.67. The summed E-state index contributed by atoms with van der Waals surface area (Å²) in [6, 6.07) is 18.4. The summed E-state index contributed by atoms with van der Waals surface area (Å²) in [7, 11) is -3.94. The van der Waals surface area contributed by atoms with E-state index >= 15 is 0 Å². The molecule has 0 radical (unpaired) electrons. The fourth-order valence-electron chi connectivity index (χ4n) is 3.75. The van der Waals surface area contributed by atoms with Crippen molar-refractivity contribution in [2.45, 2.75) is 4.21 Å². The Labute approximate surface area is 203 Å². The molecule has 6 nitrogen and oxygen atoms in total. The quantitative estimate of drug-likeness (QED) is 0.471. The van der Waals surface area contributed by atoms with Gasteiger partial charge in [-0.15, -0.1) is 11.3 Å². The van der Waals surface area contributed by atoms with Crippen LogP contribution in [0.25, 0.3) is 6.08 Å². The number of thiophene rings is 1. The zero-order valence-electron chi connectivity index (χ0n) is 18.6. The Morgan fingerprint density at radius 3 is 2.32 bits per heavy atom. The second kappa shape index (κ2) is 10.9. The monoisotopic (exact) mass is 499 g/mol. The van der Waals surface area contributed by atoms with E-state index in [1.165, 1.54) is 30.3 Å². The largest absolute Gasteiger partial charge is 0.339 e. The van der Waals surface area contributed by atoms with Crippen LogP contribution < -0.4 is 4.31 Å². The molecule has 1 aliphatic heterocycles. The van der Waals surface area contributed by atoms with E-state index in [0.29, 0.717) is 26.2 Å². The van der Waals surface area contributed by atoms with Gasteiger partial charge in [-0.1, -0.05) is 48.6 Å². The van der Waals surface area contributed by atoms with E-state index in [4.69, 9.17) is 0 Å². The number of piperazine rings is 1. The van der Waals surface area contributed by atoms with Crippen molar-refractivity contribution in [3.8, 4) is 0 Å². The maximum atomic E-state index is 13.4. The second-order valence-electron chi connectivity index (χ2n) is 7.91. The molecule has 0 bridgehead atoms. The summed E-state index contributed by atoms with van der Waals surface area (Å²) >= 11 is 1.08. The van der Waals surface area contributed by atoms with E-state index < -0.39 is 15.8 Å². The molecule has 0 aliphatic carbocycles. The third kappa shape index (κ3) is 5.91. The highest BCUT2D eigenvalue weighted by Gasteiger charge is 2.30. The second-order valence-corrected chi connectivity index (χ2v) is 11.0. The Balaban J connectivity index is 1.39. The molecule has 1 amide bonds. The molecule has 2 heterocycles. The number of amides is 1. The van der Waals surface area contributed by atoms with Crippen molar-refractivity contribution in [2.75, 3.05) is 43.6 Å². The molecular formula is C25H26FN3O3S2. The minimum absolute atomic E-state index is 0.139. The Morgan fingerprint density at radius 1 is 0.971 bits per heavy atom. The number of sulfonamides is 1. The number of anilines is 1. The van der Waals surface area contributed by atoms with Gasteiger partial charge in [-0.25, -0.2) is 12.8 Å². The minimum Gasteiger partial charge on any atom is -0.339 e. The molecule has 1 aromatic heterocycles. The van der Waals surface area contributed by atoms with Gasteiger partial charge in [0.15, 0.2) is 0 Å². The standard InChI is InChI=1S/C25H26FN3O3S2/c26-22-10-12-23(13-11-22)29(34(31,32)25-9-5-19-33-25)20-24(30)28-17-15-27(16-18-28)14-4-8-21-6-2-1-3-7-21/h1-13,19H,14-18,20H2/b8-4+. The van der Waals surface area contributed by atoms with Crippen LogP contribution in [0, 0.1) is 5.82 Å². The molecule has 0 atom stereocenters. The molecule has 0 saturated carbocycles. The molecule has 0 spiro atoms. The molecule has 1 saturated heterocycles. The first kappa shape index (κ1) is 24.1. The number of hydrogen-bond donors (Lipinski definition) is 0. The first-order valence-corrected chi connectivity index (χ1v) is 13.3. The average Bonchev–Trinajstić information content (AvgIpc) is 3.40. The SMILES string of the molecule is O=C(CN(c1ccc(F)cc1)S(=O)(=O)c1cccs1)N1CCN(C/C=C/c2ccccc2)CC1. The lowest BCUT2D eigenvalue weighted by atomic mass is 10.2. The van der Waals surface area contributed by atoms with Gasteiger partial charge < -0.3 is 4.90 Å². The van der Waals surface area contributed by atoms with Crippen molar-refractivity contribution in [3.63, 3.8) is 0 Å². The summed E-state index contributed by atoms with van der Waals surface area (Å²) in [5.74, 6) is -0.745. The van der Waals surface area contributed by atoms with E-state index in [1.54, 1.807) is 16.3 Å². The van der Waals surface area contributed by atoms with Crippen LogP contribution in [-0.4, -0.2) is 63.4 Å². The van der Waals surface area contributed by atoms with Gasteiger partial charge in [0.25, 0.3) is 10.0 Å². The Kier molecular flexibility index (Phi) is 7.77. The van der Waals surface area contributed by atoms with Crippen molar-refractivity contribution in [1.29, 1.82) is 0 Å². The van der Waals surface area contributed by atoms with Gasteiger partial charge in [0.05, 0.1) is 5.69 Å². The lowest BCUT2D eigenvalue weighted by Gasteiger charge is -2.35. The van der Waals surface area contributed by atoms with Crippen LogP contribution in [-0.2, 0) is 14.8 Å². The van der Waals surface area contributed by atoms with E-state index in [9.17, 15) is 17.6 Å². The summed E-state index contributed by atoms with van der Waals surface area (Å²) < 4.78 is 41.1. The van der Waals surface area contributed by atoms with Crippen LogP contribution in [0.15, 0.2) is 82.4 Å². The minimum atomic E-state index is -3.94. The third-order valence-corrected chi connectivity index (χ3v) is 8.78. The molecular weight excluding hydrogens is 473 g/mol. The highest BCUT2D eigenvalue weighted by Crippen LogP contribution is 2.27. The number of benzene rings is 2. The van der Waals surface area contributed by atoms with Gasteiger partial charge in [0.2, 0.25) is 5.91 Å². The zero-order valence-corrected chi connectivity index (χ0v) is 20.2. The van der Waals surface area contributed by atoms with Gasteiger partial charge in [-0.05, 0) is 41.3 Å². The van der Waals surface area contributed by atoms with Crippen LogP contribution in [0.2, 0.25) is 0 Å². The van der Waals surface area contributed by atoms with Gasteiger partial charge in [-0.3, -0.25) is 14.0 Å². The van der Waals surface area contributed by atoms with Crippen molar-refractivity contribution >= 4 is 39.0 Å². The van der Waals surface area contributed by atoms with Crippen LogP contribution in [0.1, 0.15) is 5.56 Å². The Morgan fingerprint density at radius 2 is 1.68 bits per heavy atom. The fourth-order valence-corrected chi connectivity index (χ4v) is 6.26. The van der Waals surface area contributed by atoms with Crippen LogP contribution >= 0.6 is 11.3 Å². The molecule has 178 valence electrons. The number of nitrogens with zero attached hydrogens (tertiary/aromatic N) is 3. The van der Waals surface area contributed by atoms with Gasteiger partial charge in [0, 0.05) is 32.7 Å². The molecule has 0 N–H and O–H groups in total. The van der Waals surface area contributed by atoms with Gasteiger partial charge in [-0.2, -0.15) is 0 Å². The van der Waals surface area contributed by atoms with E-state index in [1.807, 2.05) is 30.3 Å². The molecule has 1 fully saturated rings. The molecule has 1 aliphatic rings. The predicted molar refractivity (Wildman–Crippen MR) is 134 cm³/mol. The van der Waals surface area contributed by atoms with Crippen LogP contribution in [0.4, 0.5) is 10.1 Å². The molecule has 2 aromatic carbocycles. The smallest absolute Gasteiger partial charge is 0.274 e. The molecule has 0 unspecified atom stereocenters. The van der Waals surface area contributed by atoms with Crippen molar-refractivity contribution in [2.24, 2.45) is 0 Å². The normalized spacial score (nSPS) is 15.0. The first-order chi connectivity index (χ1) is 16.4. The summed E-state index contributed by atoms with van der Waals surface area (Å²) in [5.41, 5.74) is 1.40. The van der Waals surface area contributed by atoms with Crippen molar-refractivity contribution in [1.82, 2.24) is 9.80 Å². The molecule has 3 aromatic rings. The highest BCUT2D eigenvalue weighted by atomic mass is 32.2. The lowest BCUT2D eigenvalue weighted by molar-refractivity contribution is -0.131. The predicted octanol–water partition coefficient (Wildman–Crippen LogP) is 3.94. The van der Waals surface area contributed by atoms with Crippen LogP contribution in [0.3, 0.4) is 0 Å². The van der Waals surface area contributed by atoms with E-state index in [0.717, 1.165) is 27.8 Å². The number of rotatable bonds is 8. The summed E-state index contributed by atoms with van der Waals surface area (Å²) in [6.07, 6.45) is 4.18. The van der Waals surface area contributed by atoms with Crippen LogP contribution in [0.5, 0.6) is 0 Å². The number of carbonyl (C=O) groups is 1. The van der Waals surface area contributed by atoms with E-state index in [-0.39, 0.29) is 22.3 Å². The topological polar surface area (TPSA) is 60.9 Å². The Hall–Kier alpha value is -3.01. The highest BCUT2D eigenvalue weighted by molar-refractivity contribution is 7.94. The van der Waals surface area contributed by atoms with E-state index in [2.05, 4.69) is 17.1 Å². The maximum Gasteiger partial charge on any atom is 0.274 e. The third-order valence-electron chi connectivity index (χ3n) is 5.63. The molecule has 34 heavy (non-hydrogen) atoms. The van der Waals surface area contributed by atoms with Gasteiger partial charge in [0.1, 0.15) is 16.6 Å². The molecule has 9 heteroatoms.